The zero-order valence-corrected chi connectivity index (χ0v) is 16.1. The van der Waals surface area contributed by atoms with Gasteiger partial charge in [0.15, 0.2) is 0 Å². The molecule has 1 N–H and O–H groups in total. The Hall–Kier alpha value is -3.67. The second-order valence-corrected chi connectivity index (χ2v) is 7.20. The van der Waals surface area contributed by atoms with Crippen LogP contribution in [0.4, 0.5) is 4.79 Å². The molecule has 0 spiro atoms. The van der Waals surface area contributed by atoms with Gasteiger partial charge < -0.3 is 10.1 Å². The maximum atomic E-state index is 13.2. The Morgan fingerprint density at radius 3 is 2.52 bits per heavy atom. The SMILES string of the molecule is COC(=O)c1cccc(CN2C(=O)NC(C)(c3ccc4ccccc4c3)C2=O)c1. The van der Waals surface area contributed by atoms with Gasteiger partial charge >= 0.3 is 12.0 Å². The lowest BCUT2D eigenvalue weighted by atomic mass is 9.90. The van der Waals surface area contributed by atoms with Crippen LogP contribution < -0.4 is 5.32 Å². The summed E-state index contributed by atoms with van der Waals surface area (Å²) < 4.78 is 4.73. The Bertz CT molecular complexity index is 1140. The summed E-state index contributed by atoms with van der Waals surface area (Å²) in [6.07, 6.45) is 0. The van der Waals surface area contributed by atoms with Crippen LogP contribution in [0.5, 0.6) is 0 Å². The highest BCUT2D eigenvalue weighted by Crippen LogP contribution is 2.31. The zero-order valence-electron chi connectivity index (χ0n) is 16.1. The first-order chi connectivity index (χ1) is 13.9. The molecule has 1 heterocycles. The number of carbonyl (C=O) groups is 3. The van der Waals surface area contributed by atoms with Crippen LogP contribution in [0, 0.1) is 0 Å². The lowest BCUT2D eigenvalue weighted by molar-refractivity contribution is -0.131. The van der Waals surface area contributed by atoms with E-state index < -0.39 is 17.5 Å². The van der Waals surface area contributed by atoms with E-state index in [4.69, 9.17) is 4.74 Å². The number of ether oxygens (including phenoxy) is 1. The summed E-state index contributed by atoms with van der Waals surface area (Å²) in [7, 11) is 1.31. The summed E-state index contributed by atoms with van der Waals surface area (Å²) in [5, 5.41) is 4.89. The lowest BCUT2D eigenvalue weighted by Gasteiger charge is -2.23. The van der Waals surface area contributed by atoms with E-state index in [0.29, 0.717) is 11.1 Å². The molecule has 0 aromatic heterocycles. The molecular weight excluding hydrogens is 368 g/mol. The maximum absolute atomic E-state index is 13.2. The second-order valence-electron chi connectivity index (χ2n) is 7.20. The van der Waals surface area contributed by atoms with Crippen molar-refractivity contribution in [3.63, 3.8) is 0 Å². The predicted molar refractivity (Wildman–Crippen MR) is 108 cm³/mol. The van der Waals surface area contributed by atoms with Gasteiger partial charge in [0.05, 0.1) is 19.2 Å². The first-order valence-electron chi connectivity index (χ1n) is 9.23. The minimum Gasteiger partial charge on any atom is -0.465 e. The average Bonchev–Trinajstić information content (AvgIpc) is 2.97. The van der Waals surface area contributed by atoms with Crippen molar-refractivity contribution in [3.05, 3.63) is 83.4 Å². The van der Waals surface area contributed by atoms with E-state index in [-0.39, 0.29) is 12.5 Å². The number of nitrogens with zero attached hydrogens (tertiary/aromatic N) is 1. The molecule has 1 aliphatic heterocycles. The molecule has 0 aliphatic carbocycles. The van der Waals surface area contributed by atoms with Crippen molar-refractivity contribution < 1.29 is 19.1 Å². The molecule has 6 nitrogen and oxygen atoms in total. The Morgan fingerprint density at radius 2 is 1.76 bits per heavy atom. The van der Waals surface area contributed by atoms with Crippen LogP contribution in [0.15, 0.2) is 66.7 Å². The van der Waals surface area contributed by atoms with E-state index in [2.05, 4.69) is 5.32 Å². The largest absolute Gasteiger partial charge is 0.465 e. The van der Waals surface area contributed by atoms with Gasteiger partial charge in [-0.3, -0.25) is 9.69 Å². The van der Waals surface area contributed by atoms with E-state index in [1.807, 2.05) is 42.5 Å². The van der Waals surface area contributed by atoms with Crippen molar-refractivity contribution >= 4 is 28.7 Å². The molecule has 0 bridgehead atoms. The minimum atomic E-state index is -1.15. The highest BCUT2D eigenvalue weighted by atomic mass is 16.5. The van der Waals surface area contributed by atoms with Gasteiger partial charge in [-0.2, -0.15) is 0 Å². The molecule has 1 saturated heterocycles. The summed E-state index contributed by atoms with van der Waals surface area (Å²) in [5.74, 6) is -0.800. The Kier molecular flexibility index (Phi) is 4.54. The molecule has 3 aromatic carbocycles. The number of benzene rings is 3. The van der Waals surface area contributed by atoms with Crippen molar-refractivity contribution in [2.75, 3.05) is 7.11 Å². The van der Waals surface area contributed by atoms with Gasteiger partial charge in [-0.05, 0) is 47.0 Å². The molecule has 29 heavy (non-hydrogen) atoms. The number of fused-ring (bicyclic) bond motifs is 1. The van der Waals surface area contributed by atoms with Crippen LogP contribution in [0.2, 0.25) is 0 Å². The first-order valence-corrected chi connectivity index (χ1v) is 9.23. The Morgan fingerprint density at radius 1 is 1.00 bits per heavy atom. The smallest absolute Gasteiger partial charge is 0.337 e. The van der Waals surface area contributed by atoms with Crippen LogP contribution >= 0.6 is 0 Å². The van der Waals surface area contributed by atoms with Gasteiger partial charge in [-0.1, -0.05) is 48.5 Å². The van der Waals surface area contributed by atoms with Crippen LogP contribution in [0.3, 0.4) is 0 Å². The van der Waals surface area contributed by atoms with Gasteiger partial charge in [-0.25, -0.2) is 9.59 Å². The zero-order chi connectivity index (χ0) is 20.6. The van der Waals surface area contributed by atoms with Gasteiger partial charge in [0.25, 0.3) is 5.91 Å². The van der Waals surface area contributed by atoms with E-state index in [1.165, 1.54) is 12.0 Å². The molecule has 0 radical (unpaired) electrons. The van der Waals surface area contributed by atoms with Gasteiger partial charge in [0.2, 0.25) is 0 Å². The summed E-state index contributed by atoms with van der Waals surface area (Å²) in [6, 6.07) is 19.8. The Balaban J connectivity index is 1.63. The lowest BCUT2D eigenvalue weighted by Crippen LogP contribution is -2.40. The fourth-order valence-electron chi connectivity index (χ4n) is 3.63. The van der Waals surface area contributed by atoms with Crippen molar-refractivity contribution in [1.29, 1.82) is 0 Å². The second kappa shape index (κ2) is 7.05. The monoisotopic (exact) mass is 388 g/mol. The number of esters is 1. The molecule has 1 fully saturated rings. The van der Waals surface area contributed by atoms with Gasteiger partial charge in [0, 0.05) is 0 Å². The summed E-state index contributed by atoms with van der Waals surface area (Å²) in [6.45, 7) is 1.78. The minimum absolute atomic E-state index is 0.0681. The fraction of sp³-hybridized carbons (Fsp3) is 0.174. The summed E-state index contributed by atoms with van der Waals surface area (Å²) in [4.78, 5) is 38.7. The molecular formula is C23H20N2O4. The number of hydrogen-bond donors (Lipinski definition) is 1. The van der Waals surface area contributed by atoms with Crippen LogP contribution in [0.25, 0.3) is 10.8 Å². The van der Waals surface area contributed by atoms with E-state index >= 15 is 0 Å². The van der Waals surface area contributed by atoms with Gasteiger partial charge in [-0.15, -0.1) is 0 Å². The average molecular weight is 388 g/mol. The Labute approximate surface area is 168 Å². The summed E-state index contributed by atoms with van der Waals surface area (Å²) >= 11 is 0. The van der Waals surface area contributed by atoms with E-state index in [1.54, 1.807) is 31.2 Å². The van der Waals surface area contributed by atoms with Crippen molar-refractivity contribution in [2.24, 2.45) is 0 Å². The number of nitrogens with one attached hydrogen (secondary N) is 1. The summed E-state index contributed by atoms with van der Waals surface area (Å²) in [5.41, 5.74) is 0.606. The van der Waals surface area contributed by atoms with Gasteiger partial charge in [0.1, 0.15) is 5.54 Å². The van der Waals surface area contributed by atoms with Crippen LogP contribution in [-0.2, 0) is 21.6 Å². The molecule has 3 aromatic rings. The normalized spacial score (nSPS) is 18.8. The third kappa shape index (κ3) is 3.23. The topological polar surface area (TPSA) is 75.7 Å². The van der Waals surface area contributed by atoms with Crippen molar-refractivity contribution in [3.8, 4) is 0 Å². The third-order valence-corrected chi connectivity index (χ3v) is 5.29. The molecule has 4 rings (SSSR count). The third-order valence-electron chi connectivity index (χ3n) is 5.29. The number of hydrogen-bond acceptors (Lipinski definition) is 4. The number of amides is 3. The standard InChI is InChI=1S/C23H20N2O4/c1-23(19-11-10-16-7-3-4-8-17(16)13-19)21(27)25(22(28)24-23)14-15-6-5-9-18(12-15)20(26)29-2/h3-13H,14H2,1-2H3,(H,24,28). The molecule has 1 atom stereocenters. The molecule has 6 heteroatoms. The quantitative estimate of drug-likeness (QED) is 0.547. The molecule has 146 valence electrons. The van der Waals surface area contributed by atoms with Crippen LogP contribution in [-0.4, -0.2) is 29.9 Å². The maximum Gasteiger partial charge on any atom is 0.337 e. The highest BCUT2D eigenvalue weighted by Gasteiger charge is 2.48. The van der Waals surface area contributed by atoms with Crippen LogP contribution in [0.1, 0.15) is 28.4 Å². The number of rotatable bonds is 4. The fourth-order valence-corrected chi connectivity index (χ4v) is 3.63. The number of imide groups is 1. The number of carbonyl (C=O) groups excluding carboxylic acids is 3. The number of methoxy groups -OCH3 is 1. The number of urea groups is 1. The van der Waals surface area contributed by atoms with Crippen molar-refractivity contribution in [1.82, 2.24) is 10.2 Å². The van der Waals surface area contributed by atoms with E-state index in [0.717, 1.165) is 16.3 Å². The van der Waals surface area contributed by atoms with Crippen molar-refractivity contribution in [2.45, 2.75) is 19.0 Å². The predicted octanol–water partition coefficient (Wildman–Crippen LogP) is 3.59. The van der Waals surface area contributed by atoms with E-state index in [9.17, 15) is 14.4 Å². The highest BCUT2D eigenvalue weighted by molar-refractivity contribution is 6.07. The molecule has 3 amide bonds. The molecule has 1 unspecified atom stereocenters. The molecule has 1 aliphatic rings. The first kappa shape index (κ1) is 18.7. The molecule has 0 saturated carbocycles.